The highest BCUT2D eigenvalue weighted by Crippen LogP contribution is 2.46. The van der Waals surface area contributed by atoms with Crippen molar-refractivity contribution in [2.24, 2.45) is 5.92 Å². The average Bonchev–Trinajstić information content (AvgIpc) is 3.98. The number of carbonyl (C=O) groups excluding carboxylic acids is 4. The molecule has 3 N–H and O–H groups in total. The molecule has 4 amide bonds. The Morgan fingerprint density at radius 2 is 1.85 bits per heavy atom. The molecule has 4 aliphatic rings. The number of fused-ring (bicyclic) bond motifs is 3. The molecule has 2 aromatic heterocycles. The van der Waals surface area contributed by atoms with E-state index in [0.717, 1.165) is 17.7 Å². The minimum atomic E-state index is -3.89. The Bertz CT molecular complexity index is 1980. The van der Waals surface area contributed by atoms with E-state index in [9.17, 15) is 27.6 Å². The number of benzene rings is 1. The number of allylic oxidation sites excluding steroid dienone is 1. The van der Waals surface area contributed by atoms with E-state index in [1.54, 1.807) is 6.92 Å². The summed E-state index contributed by atoms with van der Waals surface area (Å²) in [6, 6.07) is 9.12. The highest BCUT2D eigenvalue weighted by molar-refractivity contribution is 7.91. The molecule has 3 aromatic rings. The van der Waals surface area contributed by atoms with Crippen molar-refractivity contribution in [2.45, 2.75) is 93.7 Å². The molecule has 1 unspecified atom stereocenters. The van der Waals surface area contributed by atoms with Gasteiger partial charge in [0, 0.05) is 12.3 Å². The average molecular weight is 751 g/mol. The van der Waals surface area contributed by atoms with E-state index < -0.39 is 68.7 Å². The minimum Gasteiger partial charge on any atom is -0.471 e. The number of amides is 4. The Balaban J connectivity index is 1.21. The van der Waals surface area contributed by atoms with Gasteiger partial charge in [-0.05, 0) is 69.0 Å². The second kappa shape index (κ2) is 14.8. The van der Waals surface area contributed by atoms with Gasteiger partial charge in [0.15, 0.2) is 0 Å². The van der Waals surface area contributed by atoms with Crippen molar-refractivity contribution in [2.75, 3.05) is 13.2 Å². The maximum absolute atomic E-state index is 14.4. The van der Waals surface area contributed by atoms with E-state index in [1.807, 2.05) is 53.9 Å². The third-order valence-corrected chi connectivity index (χ3v) is 12.7. The maximum atomic E-state index is 14.4. The van der Waals surface area contributed by atoms with Crippen molar-refractivity contribution in [1.82, 2.24) is 30.2 Å². The number of aromatic nitrogens is 2. The van der Waals surface area contributed by atoms with Crippen LogP contribution in [0.15, 0.2) is 53.9 Å². The quantitative estimate of drug-likeness (QED) is 0.286. The monoisotopic (exact) mass is 750 g/mol. The van der Waals surface area contributed by atoms with Gasteiger partial charge >= 0.3 is 6.09 Å². The molecule has 2 aliphatic heterocycles. The molecule has 4 heterocycles. The Hall–Kier alpha value is -4.57. The number of thiophene rings is 1. The second-order valence-electron chi connectivity index (χ2n) is 13.8. The van der Waals surface area contributed by atoms with Crippen LogP contribution in [-0.2, 0) is 29.1 Å². The van der Waals surface area contributed by atoms with E-state index in [0.29, 0.717) is 48.8 Å². The zero-order valence-electron chi connectivity index (χ0n) is 28.8. The SMILES string of the molecule is CCOC(=O)N[C@@H]1CCCCC/C=C\C2C[C@@]2(C(=O)NS(=O)(=O)C2CC2)NC(=O)[C@@H]2C[C@@H](Oc3nc4ccccc4nc3-c3cccs3)CN2C1=O. The molecule has 2 aliphatic carbocycles. The largest absolute Gasteiger partial charge is 0.471 e. The van der Waals surface area contributed by atoms with Crippen LogP contribution in [0.4, 0.5) is 4.79 Å². The number of hydrogen-bond acceptors (Lipinski definition) is 11. The number of alkyl carbamates (subject to hydrolysis) is 1. The minimum absolute atomic E-state index is 0.0189. The van der Waals surface area contributed by atoms with Gasteiger partial charge in [0.05, 0.1) is 34.3 Å². The number of para-hydroxylation sites is 2. The highest BCUT2D eigenvalue weighted by atomic mass is 32.2. The van der Waals surface area contributed by atoms with Gasteiger partial charge in [0.1, 0.15) is 29.4 Å². The summed E-state index contributed by atoms with van der Waals surface area (Å²) in [6.45, 7) is 1.76. The lowest BCUT2D eigenvalue weighted by Gasteiger charge is -2.29. The van der Waals surface area contributed by atoms with Gasteiger partial charge in [-0.25, -0.2) is 23.2 Å². The van der Waals surface area contributed by atoms with Crippen molar-refractivity contribution < 1.29 is 37.1 Å². The van der Waals surface area contributed by atoms with E-state index in [1.165, 1.54) is 16.2 Å². The lowest BCUT2D eigenvalue weighted by molar-refractivity contribution is -0.141. The number of ether oxygens (including phenoxy) is 2. The zero-order valence-corrected chi connectivity index (χ0v) is 30.4. The van der Waals surface area contributed by atoms with Gasteiger partial charge in [-0.15, -0.1) is 11.3 Å². The summed E-state index contributed by atoms with van der Waals surface area (Å²) in [5.41, 5.74) is 0.318. The number of nitrogens with one attached hydrogen (secondary N) is 3. The topological polar surface area (TPSA) is 186 Å². The van der Waals surface area contributed by atoms with E-state index in [-0.39, 0.29) is 31.9 Å². The van der Waals surface area contributed by atoms with Crippen molar-refractivity contribution >= 4 is 56.2 Å². The van der Waals surface area contributed by atoms with Crippen LogP contribution in [0.2, 0.25) is 0 Å². The summed E-state index contributed by atoms with van der Waals surface area (Å²) in [5.74, 6) is -2.08. The van der Waals surface area contributed by atoms with Gasteiger partial charge in [-0.2, -0.15) is 0 Å². The molecule has 0 bridgehead atoms. The van der Waals surface area contributed by atoms with Crippen LogP contribution in [0.25, 0.3) is 21.6 Å². The van der Waals surface area contributed by atoms with Crippen molar-refractivity contribution in [3.63, 3.8) is 0 Å². The molecule has 2 saturated carbocycles. The summed E-state index contributed by atoms with van der Waals surface area (Å²) in [5, 5.41) is 6.87. The fraction of sp³-hybridized carbons (Fsp3) is 0.500. The van der Waals surface area contributed by atoms with Gasteiger partial charge in [0.25, 0.3) is 5.91 Å². The normalized spacial score (nSPS) is 27.3. The van der Waals surface area contributed by atoms with Crippen LogP contribution in [-0.4, -0.2) is 89.2 Å². The molecule has 276 valence electrons. The molecular formula is C36H42N6O8S2. The van der Waals surface area contributed by atoms with Crippen molar-refractivity contribution in [3.8, 4) is 16.5 Å². The van der Waals surface area contributed by atoms with Gasteiger partial charge in [-0.1, -0.05) is 43.2 Å². The fourth-order valence-electron chi connectivity index (χ4n) is 6.96. The molecule has 7 rings (SSSR count). The molecule has 5 atom stereocenters. The van der Waals surface area contributed by atoms with Gasteiger partial charge < -0.3 is 25.0 Å². The van der Waals surface area contributed by atoms with Crippen LogP contribution in [0, 0.1) is 5.92 Å². The first-order chi connectivity index (χ1) is 25.1. The number of rotatable bonds is 8. The summed E-state index contributed by atoms with van der Waals surface area (Å²) < 4.78 is 39.5. The Labute approximate surface area is 305 Å². The molecule has 52 heavy (non-hydrogen) atoms. The van der Waals surface area contributed by atoms with Crippen LogP contribution in [0.5, 0.6) is 5.88 Å². The predicted octanol–water partition coefficient (Wildman–Crippen LogP) is 3.82. The van der Waals surface area contributed by atoms with Gasteiger partial charge in [-0.3, -0.25) is 19.1 Å². The Morgan fingerprint density at radius 1 is 1.06 bits per heavy atom. The first-order valence-corrected chi connectivity index (χ1v) is 20.3. The number of hydrogen-bond donors (Lipinski definition) is 3. The molecule has 0 spiro atoms. The molecule has 1 saturated heterocycles. The Kier molecular flexibility index (Phi) is 10.2. The van der Waals surface area contributed by atoms with Gasteiger partial charge in [0.2, 0.25) is 27.7 Å². The smallest absolute Gasteiger partial charge is 0.407 e. The molecule has 3 fully saturated rings. The fourth-order valence-corrected chi connectivity index (χ4v) is 9.03. The summed E-state index contributed by atoms with van der Waals surface area (Å²) >= 11 is 1.47. The lowest BCUT2D eigenvalue weighted by atomic mass is 10.1. The number of nitrogens with zero attached hydrogens (tertiary/aromatic N) is 3. The third kappa shape index (κ3) is 7.63. The molecular weight excluding hydrogens is 709 g/mol. The Morgan fingerprint density at radius 3 is 2.58 bits per heavy atom. The van der Waals surface area contributed by atoms with Crippen LogP contribution in [0.1, 0.15) is 64.7 Å². The molecule has 0 radical (unpaired) electrons. The van der Waals surface area contributed by atoms with Crippen LogP contribution in [0.3, 0.4) is 0 Å². The standard InChI is InChI=1S/C36H42N6O8S2/c1-2-49-35(46)39-27-14-7-5-3-4-6-11-22-20-36(22,34(45)41-52(47,48)24-16-17-24)40-31(43)28-19-23(21-42(28)33(27)44)50-32-30(29-15-10-18-51-29)37-25-12-8-9-13-26(25)38-32/h6,8-13,15,18,22-24,27-28H,2-5,7,14,16-17,19-21H2,1H3,(H,39,46)(H,40,43)(H,41,45)/b11-6-/t22?,23-,27-,28+,36-/m1/s1. The van der Waals surface area contributed by atoms with Crippen molar-refractivity contribution in [1.29, 1.82) is 0 Å². The maximum Gasteiger partial charge on any atom is 0.407 e. The van der Waals surface area contributed by atoms with Crippen LogP contribution >= 0.6 is 11.3 Å². The predicted molar refractivity (Wildman–Crippen MR) is 193 cm³/mol. The lowest BCUT2D eigenvalue weighted by Crippen LogP contribution is -2.58. The number of sulfonamides is 1. The summed E-state index contributed by atoms with van der Waals surface area (Å²) in [6.07, 6.45) is 6.78. The van der Waals surface area contributed by atoms with E-state index in [4.69, 9.17) is 19.4 Å². The molecule has 14 nitrogen and oxygen atoms in total. The zero-order chi connectivity index (χ0) is 36.5. The van der Waals surface area contributed by atoms with E-state index >= 15 is 0 Å². The van der Waals surface area contributed by atoms with Crippen LogP contribution < -0.4 is 20.1 Å². The number of carbonyl (C=O) groups is 4. The third-order valence-electron chi connectivity index (χ3n) is 9.98. The first-order valence-electron chi connectivity index (χ1n) is 17.8. The van der Waals surface area contributed by atoms with Crippen molar-refractivity contribution in [3.05, 3.63) is 53.9 Å². The summed E-state index contributed by atoms with van der Waals surface area (Å²) in [4.78, 5) is 66.8. The highest BCUT2D eigenvalue weighted by Gasteiger charge is 2.62. The molecule has 1 aromatic carbocycles. The molecule has 16 heteroatoms. The second-order valence-corrected chi connectivity index (χ2v) is 16.7. The summed E-state index contributed by atoms with van der Waals surface area (Å²) in [7, 11) is -3.89. The van der Waals surface area contributed by atoms with E-state index in [2.05, 4.69) is 15.4 Å². The first kappa shape index (κ1) is 35.8.